The lowest BCUT2D eigenvalue weighted by Crippen LogP contribution is -2.21. The van der Waals surface area contributed by atoms with Crippen molar-refractivity contribution < 1.29 is 9.59 Å². The van der Waals surface area contributed by atoms with Crippen molar-refractivity contribution in [3.63, 3.8) is 0 Å². The summed E-state index contributed by atoms with van der Waals surface area (Å²) >= 11 is 1.78. The molecule has 1 aliphatic rings. The van der Waals surface area contributed by atoms with Crippen LogP contribution in [-0.4, -0.2) is 33.8 Å². The number of nitrogens with one attached hydrogen (secondary N) is 2. The van der Waals surface area contributed by atoms with Gasteiger partial charge in [-0.05, 0) is 67.6 Å². The Labute approximate surface area is 176 Å². The van der Waals surface area contributed by atoms with Crippen molar-refractivity contribution in [1.29, 1.82) is 0 Å². The van der Waals surface area contributed by atoms with Gasteiger partial charge in [-0.2, -0.15) is 0 Å². The van der Waals surface area contributed by atoms with Gasteiger partial charge in [-0.1, -0.05) is 20.8 Å². The number of benzene rings is 1. The van der Waals surface area contributed by atoms with Crippen molar-refractivity contribution in [2.45, 2.75) is 51.0 Å². The second-order valence-corrected chi connectivity index (χ2v) is 7.46. The Morgan fingerprint density at radius 2 is 1.79 bits per heavy atom. The summed E-state index contributed by atoms with van der Waals surface area (Å²) in [6.07, 6.45) is 5.07. The van der Waals surface area contributed by atoms with Crippen LogP contribution in [0, 0.1) is 0 Å². The van der Waals surface area contributed by atoms with Crippen LogP contribution in [0.2, 0.25) is 0 Å². The molecule has 0 bridgehead atoms. The quantitative estimate of drug-likeness (QED) is 0.592. The normalized spacial score (nSPS) is 15.9. The first-order valence-corrected chi connectivity index (χ1v) is 10.7. The van der Waals surface area contributed by atoms with Crippen molar-refractivity contribution in [2.24, 2.45) is 5.73 Å². The highest BCUT2D eigenvalue weighted by atomic mass is 32.2. The Morgan fingerprint density at radius 3 is 2.38 bits per heavy atom. The number of carbonyl (C=O) groups excluding carboxylic acids is 2. The second kappa shape index (κ2) is 11.4. The summed E-state index contributed by atoms with van der Waals surface area (Å²) in [5, 5.41) is 5.44. The van der Waals surface area contributed by atoms with E-state index in [4.69, 9.17) is 5.73 Å². The van der Waals surface area contributed by atoms with E-state index in [9.17, 15) is 9.59 Å². The maximum Gasteiger partial charge on any atom is 0.323 e. The molecule has 1 aromatic heterocycles. The lowest BCUT2D eigenvalue weighted by molar-refractivity contribution is 0.0995. The molecule has 0 aliphatic carbocycles. The number of rotatable bonds is 6. The summed E-state index contributed by atoms with van der Waals surface area (Å²) in [5.74, 6) is -0.608. The fourth-order valence-corrected chi connectivity index (χ4v) is 4.13. The molecular weight excluding hydrogens is 386 g/mol. The molecule has 4 N–H and O–H groups in total. The van der Waals surface area contributed by atoms with E-state index < -0.39 is 5.91 Å². The van der Waals surface area contributed by atoms with Gasteiger partial charge in [0.1, 0.15) is 5.69 Å². The third-order valence-corrected chi connectivity index (χ3v) is 5.60. The van der Waals surface area contributed by atoms with Gasteiger partial charge in [0.2, 0.25) is 0 Å². The van der Waals surface area contributed by atoms with Gasteiger partial charge in [0, 0.05) is 23.2 Å². The van der Waals surface area contributed by atoms with Crippen molar-refractivity contribution in [1.82, 2.24) is 9.29 Å². The second-order valence-electron chi connectivity index (χ2n) is 6.34. The zero-order valence-electron chi connectivity index (χ0n) is 17.1. The predicted octanol–water partition coefficient (Wildman–Crippen LogP) is 4.73. The number of anilines is 2. The van der Waals surface area contributed by atoms with Crippen molar-refractivity contribution in [2.75, 3.05) is 17.2 Å². The Morgan fingerprint density at radius 1 is 1.14 bits per heavy atom. The molecule has 2 aromatic rings. The van der Waals surface area contributed by atoms with Crippen LogP contribution in [0.4, 0.5) is 16.2 Å². The number of hydrogen-bond acceptors (Lipinski definition) is 5. The Bertz CT molecular complexity index is 796. The summed E-state index contributed by atoms with van der Waals surface area (Å²) in [6, 6.07) is 11.1. The minimum atomic E-state index is -0.608. The van der Waals surface area contributed by atoms with Crippen LogP contribution in [0.5, 0.6) is 0 Å². The van der Waals surface area contributed by atoms with Gasteiger partial charge in [0.05, 0.1) is 11.9 Å². The van der Waals surface area contributed by atoms with Crippen LogP contribution in [0.3, 0.4) is 0 Å². The predicted molar refractivity (Wildman–Crippen MR) is 119 cm³/mol. The molecule has 1 unspecified atom stereocenters. The van der Waals surface area contributed by atoms with E-state index in [2.05, 4.69) is 26.8 Å². The van der Waals surface area contributed by atoms with Crippen LogP contribution in [0.25, 0.3) is 0 Å². The maximum atomic E-state index is 12.1. The monoisotopic (exact) mass is 415 g/mol. The number of pyridine rings is 1. The van der Waals surface area contributed by atoms with E-state index in [1.165, 1.54) is 31.5 Å². The smallest absolute Gasteiger partial charge is 0.323 e. The van der Waals surface area contributed by atoms with Crippen LogP contribution < -0.4 is 16.4 Å². The largest absolute Gasteiger partial charge is 0.364 e. The third-order valence-electron chi connectivity index (χ3n) is 4.40. The van der Waals surface area contributed by atoms with Gasteiger partial charge in [0.15, 0.2) is 0 Å². The summed E-state index contributed by atoms with van der Waals surface area (Å²) in [5.41, 5.74) is 6.47. The number of primary amides is 1. The highest BCUT2D eigenvalue weighted by Gasteiger charge is 2.23. The molecular formula is C21H29N5O2S. The first kappa shape index (κ1) is 22.7. The minimum Gasteiger partial charge on any atom is -0.364 e. The van der Waals surface area contributed by atoms with Gasteiger partial charge in [-0.15, -0.1) is 0 Å². The molecule has 1 saturated heterocycles. The minimum absolute atomic E-state index is 0.150. The summed E-state index contributed by atoms with van der Waals surface area (Å²) in [6.45, 7) is 7.35. The van der Waals surface area contributed by atoms with E-state index in [0.29, 0.717) is 17.4 Å². The zero-order chi connectivity index (χ0) is 21.2. The van der Waals surface area contributed by atoms with Crippen molar-refractivity contribution >= 4 is 35.3 Å². The molecule has 3 rings (SSSR count). The molecule has 2 heterocycles. The number of urea groups is 1. The number of hydrogen-bond donors (Lipinski definition) is 3. The highest BCUT2D eigenvalue weighted by molar-refractivity contribution is 7.97. The fraction of sp³-hybridized carbons (Fsp3) is 0.381. The van der Waals surface area contributed by atoms with Gasteiger partial charge in [0.25, 0.3) is 5.91 Å². The first-order valence-electron chi connectivity index (χ1n) is 9.93. The van der Waals surface area contributed by atoms with Crippen LogP contribution in [-0.2, 0) is 0 Å². The number of carbonyl (C=O) groups is 2. The molecule has 29 heavy (non-hydrogen) atoms. The topological polar surface area (TPSA) is 100 Å². The van der Waals surface area contributed by atoms with E-state index >= 15 is 0 Å². The summed E-state index contributed by atoms with van der Waals surface area (Å²) in [7, 11) is 0. The van der Waals surface area contributed by atoms with Gasteiger partial charge < -0.3 is 16.4 Å². The Hall–Kier alpha value is -2.58. The fourth-order valence-electron chi connectivity index (χ4n) is 2.98. The molecule has 0 radical (unpaired) electrons. The maximum absolute atomic E-state index is 12.1. The average molecular weight is 416 g/mol. The lowest BCUT2D eigenvalue weighted by Gasteiger charge is -2.21. The van der Waals surface area contributed by atoms with Gasteiger partial charge >= 0.3 is 6.03 Å². The molecule has 0 saturated carbocycles. The van der Waals surface area contributed by atoms with Crippen LogP contribution >= 0.6 is 11.9 Å². The highest BCUT2D eigenvalue weighted by Crippen LogP contribution is 2.32. The molecule has 1 aliphatic heterocycles. The van der Waals surface area contributed by atoms with E-state index in [-0.39, 0.29) is 11.7 Å². The lowest BCUT2D eigenvalue weighted by atomic mass is 10.2. The van der Waals surface area contributed by atoms with E-state index in [1.807, 2.05) is 38.1 Å². The molecule has 1 aromatic carbocycles. The number of amides is 3. The molecule has 8 heteroatoms. The van der Waals surface area contributed by atoms with Crippen molar-refractivity contribution in [3.05, 3.63) is 48.3 Å². The molecule has 3 amide bonds. The number of nitrogens with two attached hydrogens (primary N) is 1. The van der Waals surface area contributed by atoms with Crippen molar-refractivity contribution in [3.8, 4) is 0 Å². The first-order chi connectivity index (χ1) is 14.0. The molecule has 0 spiro atoms. The van der Waals surface area contributed by atoms with E-state index in [0.717, 1.165) is 11.4 Å². The third kappa shape index (κ3) is 6.76. The molecule has 1 fully saturated rings. The van der Waals surface area contributed by atoms with Gasteiger partial charge in [-0.25, -0.2) is 14.1 Å². The summed E-state index contributed by atoms with van der Waals surface area (Å²) in [4.78, 5) is 28.1. The van der Waals surface area contributed by atoms with Crippen LogP contribution in [0.15, 0.2) is 47.5 Å². The molecule has 156 valence electrons. The SMILES string of the molecule is CC.CCC1CCCN1Sc1ccc(NC(=O)Nc2ccc(C(N)=O)nc2)cc1. The Balaban J connectivity index is 0.00000145. The van der Waals surface area contributed by atoms with Crippen LogP contribution in [0.1, 0.15) is 50.5 Å². The average Bonchev–Trinajstić information content (AvgIpc) is 3.18. The van der Waals surface area contributed by atoms with E-state index in [1.54, 1.807) is 18.0 Å². The summed E-state index contributed by atoms with van der Waals surface area (Å²) < 4.78 is 2.44. The molecule has 7 nitrogen and oxygen atoms in total. The van der Waals surface area contributed by atoms with Gasteiger partial charge in [-0.3, -0.25) is 4.79 Å². The number of aromatic nitrogens is 1. The zero-order valence-corrected chi connectivity index (χ0v) is 18.0. The standard InChI is InChI=1S/C19H23N5O2S.C2H6/c1-2-15-4-3-11-24(15)27-16-8-5-13(6-9-16)22-19(26)23-14-7-10-17(18(20)25)21-12-14;1-2/h5-10,12,15H,2-4,11H2,1H3,(H2,20,25)(H2,22,23,26);1-2H3. The Kier molecular flexibility index (Phi) is 8.95. The molecule has 1 atom stereocenters. The number of nitrogens with zero attached hydrogens (tertiary/aromatic N) is 2.